The minimum absolute atomic E-state index is 0.255. The molecule has 0 aliphatic heterocycles. The van der Waals surface area contributed by atoms with Gasteiger partial charge < -0.3 is 9.30 Å². The number of hydrogen-bond donors (Lipinski definition) is 1. The van der Waals surface area contributed by atoms with Crippen LogP contribution in [0, 0.1) is 13.8 Å². The number of hydrogen-bond acceptors (Lipinski definition) is 3. The number of aryl methyl sites for hydroxylation is 1. The van der Waals surface area contributed by atoms with E-state index in [2.05, 4.69) is 72.3 Å². The molecule has 3 aromatic carbocycles. The Labute approximate surface area is 194 Å². The Hall–Kier alpha value is -3.86. The van der Waals surface area contributed by atoms with Gasteiger partial charge in [-0.25, -0.2) is 5.43 Å². The van der Waals surface area contributed by atoms with Gasteiger partial charge in [0, 0.05) is 34.3 Å². The Kier molecular flexibility index (Phi) is 6.89. The summed E-state index contributed by atoms with van der Waals surface area (Å²) in [4.78, 5) is 12.5. The lowest BCUT2D eigenvalue weighted by Crippen LogP contribution is -2.17. The molecule has 0 saturated heterocycles. The molecular weight excluding hydrogens is 410 g/mol. The van der Waals surface area contributed by atoms with Crippen LogP contribution in [0.1, 0.15) is 46.1 Å². The topological polar surface area (TPSA) is 55.6 Å². The van der Waals surface area contributed by atoms with Gasteiger partial charge in [-0.15, -0.1) is 0 Å². The number of ether oxygens (including phenoxy) is 1. The molecule has 0 fully saturated rings. The summed E-state index contributed by atoms with van der Waals surface area (Å²) in [7, 11) is 0. The third kappa shape index (κ3) is 4.98. The van der Waals surface area contributed by atoms with E-state index in [9.17, 15) is 4.79 Å². The molecule has 0 spiro atoms. The van der Waals surface area contributed by atoms with Crippen molar-refractivity contribution < 1.29 is 9.53 Å². The van der Waals surface area contributed by atoms with Crippen molar-refractivity contribution in [2.75, 3.05) is 6.61 Å². The van der Waals surface area contributed by atoms with Gasteiger partial charge in [0.15, 0.2) is 0 Å². The van der Waals surface area contributed by atoms with E-state index in [-0.39, 0.29) is 5.91 Å². The van der Waals surface area contributed by atoms with Crippen LogP contribution in [-0.2, 0) is 6.54 Å². The maximum absolute atomic E-state index is 12.5. The highest BCUT2D eigenvalue weighted by Crippen LogP contribution is 2.26. The van der Waals surface area contributed by atoms with E-state index in [1.54, 1.807) is 30.5 Å². The summed E-state index contributed by atoms with van der Waals surface area (Å²) in [5.41, 5.74) is 8.99. The van der Waals surface area contributed by atoms with Crippen molar-refractivity contribution in [3.63, 3.8) is 0 Å². The molecule has 0 bridgehead atoms. The molecule has 1 aromatic heterocycles. The number of rotatable bonds is 8. The summed E-state index contributed by atoms with van der Waals surface area (Å²) >= 11 is 0. The fraction of sp³-hybridized carbons (Fsp3) is 0.214. The highest BCUT2D eigenvalue weighted by molar-refractivity contribution is 6.02. The monoisotopic (exact) mass is 439 g/mol. The van der Waals surface area contributed by atoms with E-state index in [1.165, 1.54) is 11.1 Å². The van der Waals surface area contributed by atoms with Crippen molar-refractivity contribution in [3.8, 4) is 5.75 Å². The first-order valence-corrected chi connectivity index (χ1v) is 11.3. The van der Waals surface area contributed by atoms with Crippen molar-refractivity contribution in [3.05, 3.63) is 101 Å². The van der Waals surface area contributed by atoms with Crippen molar-refractivity contribution in [2.45, 2.75) is 33.7 Å². The molecule has 0 aliphatic rings. The largest absolute Gasteiger partial charge is 0.494 e. The first-order valence-electron chi connectivity index (χ1n) is 11.3. The minimum Gasteiger partial charge on any atom is -0.494 e. The van der Waals surface area contributed by atoms with Crippen LogP contribution in [0.25, 0.3) is 10.9 Å². The number of benzene rings is 3. The number of carbonyl (C=O) groups is 1. The van der Waals surface area contributed by atoms with Crippen LogP contribution in [-0.4, -0.2) is 23.3 Å². The average Bonchev–Trinajstić information content (AvgIpc) is 3.10. The number of para-hydroxylation sites is 1. The maximum atomic E-state index is 12.5. The molecule has 33 heavy (non-hydrogen) atoms. The molecule has 0 atom stereocenters. The van der Waals surface area contributed by atoms with Gasteiger partial charge in [0.25, 0.3) is 5.91 Å². The van der Waals surface area contributed by atoms with Crippen molar-refractivity contribution in [2.24, 2.45) is 5.10 Å². The molecule has 0 saturated carbocycles. The van der Waals surface area contributed by atoms with E-state index in [4.69, 9.17) is 4.74 Å². The predicted octanol–water partition coefficient (Wildman–Crippen LogP) is 5.86. The SMILES string of the molecule is CCCOc1ccc(C(=O)N/N=C\c2c(C)n(Cc3ccccc3C)c3ccccc23)cc1. The molecule has 0 radical (unpaired) electrons. The molecule has 0 unspecified atom stereocenters. The van der Waals surface area contributed by atoms with Crippen molar-refractivity contribution >= 4 is 23.0 Å². The third-order valence-corrected chi connectivity index (χ3v) is 5.82. The third-order valence-electron chi connectivity index (χ3n) is 5.82. The molecule has 1 N–H and O–H groups in total. The maximum Gasteiger partial charge on any atom is 0.271 e. The lowest BCUT2D eigenvalue weighted by molar-refractivity contribution is 0.0955. The Balaban J connectivity index is 1.54. The Morgan fingerprint density at radius 2 is 1.73 bits per heavy atom. The van der Waals surface area contributed by atoms with Crippen LogP contribution in [0.15, 0.2) is 77.9 Å². The zero-order chi connectivity index (χ0) is 23.2. The second-order valence-corrected chi connectivity index (χ2v) is 8.10. The van der Waals surface area contributed by atoms with E-state index in [0.717, 1.165) is 40.9 Å². The molecule has 5 heteroatoms. The normalized spacial score (nSPS) is 11.2. The summed E-state index contributed by atoms with van der Waals surface area (Å²) in [6.45, 7) is 7.73. The van der Waals surface area contributed by atoms with Crippen LogP contribution >= 0.6 is 0 Å². The first kappa shape index (κ1) is 22.3. The average molecular weight is 440 g/mol. The molecule has 1 heterocycles. The number of amides is 1. The molecule has 4 rings (SSSR count). The smallest absolute Gasteiger partial charge is 0.271 e. The van der Waals surface area contributed by atoms with Crippen LogP contribution in [0.4, 0.5) is 0 Å². The Bertz CT molecular complexity index is 1290. The number of aromatic nitrogens is 1. The second kappa shape index (κ2) is 10.2. The van der Waals surface area contributed by atoms with Crippen LogP contribution in [0.3, 0.4) is 0 Å². The first-order chi connectivity index (χ1) is 16.1. The summed E-state index contributed by atoms with van der Waals surface area (Å²) < 4.78 is 7.87. The van der Waals surface area contributed by atoms with Gasteiger partial charge in [-0.3, -0.25) is 4.79 Å². The Morgan fingerprint density at radius 3 is 2.48 bits per heavy atom. The molecule has 4 aromatic rings. The number of fused-ring (bicyclic) bond motifs is 1. The van der Waals surface area contributed by atoms with E-state index >= 15 is 0 Å². The standard InChI is InChI=1S/C28H29N3O2/c1-4-17-33-24-15-13-22(14-16-24)28(32)30-29-18-26-21(3)31(27-12-8-7-11-25(26)27)19-23-10-6-5-9-20(23)2/h5-16,18H,4,17,19H2,1-3H3,(H,30,32)/b29-18-. The van der Waals surface area contributed by atoms with Gasteiger partial charge in [-0.1, -0.05) is 49.4 Å². The van der Waals surface area contributed by atoms with E-state index in [1.807, 2.05) is 12.1 Å². The molecule has 0 aliphatic carbocycles. The fourth-order valence-electron chi connectivity index (χ4n) is 3.92. The highest BCUT2D eigenvalue weighted by atomic mass is 16.5. The van der Waals surface area contributed by atoms with Gasteiger partial charge >= 0.3 is 0 Å². The van der Waals surface area contributed by atoms with Crippen molar-refractivity contribution in [1.82, 2.24) is 9.99 Å². The summed E-state index contributed by atoms with van der Waals surface area (Å²) in [6.07, 6.45) is 2.68. The van der Waals surface area contributed by atoms with Crippen LogP contribution in [0.5, 0.6) is 5.75 Å². The van der Waals surface area contributed by atoms with E-state index < -0.39 is 0 Å². The summed E-state index contributed by atoms with van der Waals surface area (Å²) in [5, 5.41) is 5.38. The molecule has 1 amide bonds. The van der Waals surface area contributed by atoms with Gasteiger partial charge in [0.05, 0.1) is 12.8 Å². The number of nitrogens with zero attached hydrogens (tertiary/aromatic N) is 2. The highest BCUT2D eigenvalue weighted by Gasteiger charge is 2.13. The summed E-state index contributed by atoms with van der Waals surface area (Å²) in [6, 6.07) is 23.8. The van der Waals surface area contributed by atoms with Gasteiger partial charge in [-0.05, 0) is 61.7 Å². The molecular formula is C28H29N3O2. The van der Waals surface area contributed by atoms with Crippen LogP contribution in [0.2, 0.25) is 0 Å². The quantitative estimate of drug-likeness (QED) is 0.276. The Morgan fingerprint density at radius 1 is 1.00 bits per heavy atom. The van der Waals surface area contributed by atoms with Crippen LogP contribution < -0.4 is 10.2 Å². The minimum atomic E-state index is -0.255. The van der Waals surface area contributed by atoms with Gasteiger partial charge in [0.1, 0.15) is 5.75 Å². The molecule has 5 nitrogen and oxygen atoms in total. The lowest BCUT2D eigenvalue weighted by Gasteiger charge is -2.11. The van der Waals surface area contributed by atoms with E-state index in [0.29, 0.717) is 12.2 Å². The summed E-state index contributed by atoms with van der Waals surface area (Å²) in [5.74, 6) is 0.503. The number of hydrazone groups is 1. The van der Waals surface area contributed by atoms with Crippen molar-refractivity contribution in [1.29, 1.82) is 0 Å². The predicted molar refractivity (Wildman–Crippen MR) is 134 cm³/mol. The molecule has 168 valence electrons. The number of nitrogens with one attached hydrogen (secondary N) is 1. The lowest BCUT2D eigenvalue weighted by atomic mass is 10.1. The number of carbonyl (C=O) groups excluding carboxylic acids is 1. The zero-order valence-corrected chi connectivity index (χ0v) is 19.3. The fourth-order valence-corrected chi connectivity index (χ4v) is 3.92. The van der Waals surface area contributed by atoms with Gasteiger partial charge in [-0.2, -0.15) is 5.10 Å². The zero-order valence-electron chi connectivity index (χ0n) is 19.3. The second-order valence-electron chi connectivity index (χ2n) is 8.10. The van der Waals surface area contributed by atoms with Gasteiger partial charge in [0.2, 0.25) is 0 Å².